The Hall–Kier alpha value is -0.780. The van der Waals surface area contributed by atoms with Crippen molar-refractivity contribution in [3.63, 3.8) is 0 Å². The Morgan fingerprint density at radius 2 is 2.10 bits per heavy atom. The van der Waals surface area contributed by atoms with Gasteiger partial charge in [-0.3, -0.25) is 0 Å². The minimum Gasteiger partial charge on any atom is -0.225 e. The van der Waals surface area contributed by atoms with Gasteiger partial charge in [0.05, 0.1) is 0 Å². The zero-order chi connectivity index (χ0) is 7.56. The maximum atomic E-state index is 8.36. The van der Waals surface area contributed by atoms with E-state index < -0.39 is 0 Å². The lowest BCUT2D eigenvalue weighted by molar-refractivity contribution is 1.26. The van der Waals surface area contributed by atoms with E-state index in [1.165, 1.54) is 12.1 Å². The van der Waals surface area contributed by atoms with Gasteiger partial charge in [-0.1, -0.05) is 23.2 Å². The van der Waals surface area contributed by atoms with Gasteiger partial charge in [0.15, 0.2) is 0 Å². The predicted octanol–water partition coefficient (Wildman–Crippen LogP) is 2.26. The Morgan fingerprint density at radius 1 is 1.40 bits per heavy atom. The maximum Gasteiger partial charge on any atom is 0.143 e. The largest absolute Gasteiger partial charge is 0.225 e. The molecule has 0 bridgehead atoms. The monoisotopic (exact) mass is 172 g/mol. The first-order valence-corrected chi connectivity index (χ1v) is 3.21. The molecule has 50 valence electrons. The van der Waals surface area contributed by atoms with Crippen molar-refractivity contribution in [3.8, 4) is 6.07 Å². The third-order valence-electron chi connectivity index (χ3n) is 0.873. The molecule has 1 rings (SSSR count). The van der Waals surface area contributed by atoms with Crippen molar-refractivity contribution >= 4 is 23.2 Å². The Morgan fingerprint density at radius 3 is 2.60 bits per heavy atom. The number of rotatable bonds is 0. The highest BCUT2D eigenvalue weighted by atomic mass is 35.5. The minimum absolute atomic E-state index is 0.234. The molecule has 4 heteroatoms. The average molecular weight is 173 g/mol. The van der Waals surface area contributed by atoms with Crippen LogP contribution in [0.2, 0.25) is 10.2 Å². The third kappa shape index (κ3) is 1.60. The molecule has 0 spiro atoms. The lowest BCUT2D eigenvalue weighted by Crippen LogP contribution is -1.81. The van der Waals surface area contributed by atoms with Crippen LogP contribution in [0.3, 0.4) is 0 Å². The molecule has 0 N–H and O–H groups in total. The Balaban J connectivity index is 3.22. The van der Waals surface area contributed by atoms with Gasteiger partial charge in [-0.15, -0.1) is 0 Å². The van der Waals surface area contributed by atoms with Gasteiger partial charge in [-0.2, -0.15) is 5.26 Å². The predicted molar refractivity (Wildman–Crippen MR) is 39.0 cm³/mol. The fraction of sp³-hybridized carbons (Fsp3) is 0. The van der Waals surface area contributed by atoms with Gasteiger partial charge >= 0.3 is 0 Å². The molecule has 0 atom stereocenters. The highest BCUT2D eigenvalue weighted by Crippen LogP contribution is 2.14. The summed E-state index contributed by atoms with van der Waals surface area (Å²) in [6.07, 6.45) is 0. The van der Waals surface area contributed by atoms with E-state index in [4.69, 9.17) is 28.5 Å². The summed E-state index contributed by atoms with van der Waals surface area (Å²) in [5.41, 5.74) is 0.234. The van der Waals surface area contributed by atoms with Crippen molar-refractivity contribution in [2.75, 3.05) is 0 Å². The number of hydrogen-bond donors (Lipinski definition) is 0. The number of halogens is 2. The van der Waals surface area contributed by atoms with E-state index in [2.05, 4.69) is 4.98 Å². The molecule has 0 saturated heterocycles. The first-order valence-electron chi connectivity index (χ1n) is 2.45. The molecule has 0 aliphatic rings. The van der Waals surface area contributed by atoms with Gasteiger partial charge in [0.1, 0.15) is 16.9 Å². The molecule has 2 nitrogen and oxygen atoms in total. The lowest BCUT2D eigenvalue weighted by Gasteiger charge is -1.90. The molecule has 0 aliphatic carbocycles. The number of nitriles is 1. The van der Waals surface area contributed by atoms with Crippen molar-refractivity contribution < 1.29 is 0 Å². The van der Waals surface area contributed by atoms with Gasteiger partial charge in [0.25, 0.3) is 0 Å². The Bertz CT molecular complexity index is 270. The van der Waals surface area contributed by atoms with Crippen molar-refractivity contribution in [1.82, 2.24) is 4.98 Å². The summed E-state index contributed by atoms with van der Waals surface area (Å²) in [6.45, 7) is 0. The number of nitrogens with zero attached hydrogens (tertiary/aromatic N) is 2. The third-order valence-corrected chi connectivity index (χ3v) is 1.29. The fourth-order valence-corrected chi connectivity index (χ4v) is 0.994. The summed E-state index contributed by atoms with van der Waals surface area (Å²) in [6, 6.07) is 4.76. The first-order chi connectivity index (χ1) is 4.72. The van der Waals surface area contributed by atoms with Crippen LogP contribution in [0.1, 0.15) is 5.69 Å². The lowest BCUT2D eigenvalue weighted by atomic mass is 10.4. The topological polar surface area (TPSA) is 36.7 Å². The molecule has 0 aliphatic heterocycles. The van der Waals surface area contributed by atoms with Crippen LogP contribution in [0.4, 0.5) is 0 Å². The van der Waals surface area contributed by atoms with Gasteiger partial charge < -0.3 is 0 Å². The number of pyridine rings is 1. The van der Waals surface area contributed by atoms with Crippen LogP contribution < -0.4 is 0 Å². The van der Waals surface area contributed by atoms with Crippen LogP contribution in [0.15, 0.2) is 12.1 Å². The van der Waals surface area contributed by atoms with Crippen LogP contribution in [0.25, 0.3) is 0 Å². The van der Waals surface area contributed by atoms with E-state index in [0.717, 1.165) is 0 Å². The molecule has 0 aromatic carbocycles. The minimum atomic E-state index is 0.234. The first kappa shape index (κ1) is 7.33. The van der Waals surface area contributed by atoms with E-state index in [1.54, 1.807) is 0 Å². The van der Waals surface area contributed by atoms with Crippen LogP contribution >= 0.6 is 23.2 Å². The van der Waals surface area contributed by atoms with E-state index in [-0.39, 0.29) is 10.8 Å². The molecular weight excluding hydrogens is 171 g/mol. The summed E-state index contributed by atoms with van der Waals surface area (Å²) in [5.74, 6) is 0. The maximum absolute atomic E-state index is 8.36. The van der Waals surface area contributed by atoms with Gasteiger partial charge in [-0.05, 0) is 12.1 Å². The standard InChI is InChI=1S/C6H2Cl2N2/c7-4-1-5(3-9)10-6(8)2-4/h1-2H. The van der Waals surface area contributed by atoms with E-state index in [1.807, 2.05) is 6.07 Å². The van der Waals surface area contributed by atoms with E-state index in [9.17, 15) is 0 Å². The van der Waals surface area contributed by atoms with Crippen molar-refractivity contribution in [2.24, 2.45) is 0 Å². The zero-order valence-corrected chi connectivity index (χ0v) is 6.32. The average Bonchev–Trinajstić information content (AvgIpc) is 1.85. The molecule has 0 amide bonds. The molecule has 10 heavy (non-hydrogen) atoms. The van der Waals surface area contributed by atoms with Crippen LogP contribution in [0, 0.1) is 11.3 Å². The quantitative estimate of drug-likeness (QED) is 0.564. The van der Waals surface area contributed by atoms with Crippen molar-refractivity contribution in [1.29, 1.82) is 5.26 Å². The second-order valence-corrected chi connectivity index (χ2v) is 2.43. The molecular formula is C6H2Cl2N2. The van der Waals surface area contributed by atoms with Crippen molar-refractivity contribution in [2.45, 2.75) is 0 Å². The fourth-order valence-electron chi connectivity index (χ4n) is 0.523. The number of aromatic nitrogens is 1. The summed E-state index contributed by atoms with van der Waals surface area (Å²) in [4.78, 5) is 3.67. The second kappa shape index (κ2) is 2.87. The van der Waals surface area contributed by atoms with Gasteiger partial charge in [-0.25, -0.2) is 4.98 Å². The van der Waals surface area contributed by atoms with Gasteiger partial charge in [0.2, 0.25) is 0 Å². The van der Waals surface area contributed by atoms with Crippen LogP contribution in [-0.4, -0.2) is 4.98 Å². The highest BCUT2D eigenvalue weighted by Gasteiger charge is 1.96. The summed E-state index contributed by atoms with van der Waals surface area (Å²) in [7, 11) is 0. The molecule has 0 radical (unpaired) electrons. The second-order valence-electron chi connectivity index (χ2n) is 1.61. The SMILES string of the molecule is N#Cc1cc(Cl)cc(Cl)n1. The number of hydrogen-bond acceptors (Lipinski definition) is 2. The molecule has 1 aromatic heterocycles. The van der Waals surface area contributed by atoms with E-state index in [0.29, 0.717) is 5.02 Å². The zero-order valence-electron chi connectivity index (χ0n) is 4.81. The van der Waals surface area contributed by atoms with E-state index >= 15 is 0 Å². The molecule has 1 heterocycles. The molecule has 0 fully saturated rings. The van der Waals surface area contributed by atoms with Crippen LogP contribution in [-0.2, 0) is 0 Å². The smallest absolute Gasteiger partial charge is 0.143 e. The molecule has 1 aromatic rings. The summed E-state index contributed by atoms with van der Waals surface area (Å²) >= 11 is 11.0. The Labute approximate surface area is 68.0 Å². The Kier molecular flexibility index (Phi) is 2.10. The summed E-state index contributed by atoms with van der Waals surface area (Å²) in [5, 5.41) is 9.02. The molecule has 0 saturated carbocycles. The molecule has 0 unspecified atom stereocenters. The highest BCUT2D eigenvalue weighted by molar-refractivity contribution is 6.33. The normalized spacial score (nSPS) is 8.90. The van der Waals surface area contributed by atoms with Gasteiger partial charge in [0, 0.05) is 5.02 Å². The summed E-state index contributed by atoms with van der Waals surface area (Å²) < 4.78 is 0. The van der Waals surface area contributed by atoms with Crippen molar-refractivity contribution in [3.05, 3.63) is 28.0 Å². The van der Waals surface area contributed by atoms with Crippen LogP contribution in [0.5, 0.6) is 0 Å².